The van der Waals surface area contributed by atoms with Crippen molar-refractivity contribution in [2.75, 3.05) is 7.11 Å². The van der Waals surface area contributed by atoms with Gasteiger partial charge in [0.05, 0.1) is 24.9 Å². The molecule has 25 heavy (non-hydrogen) atoms. The zero-order valence-corrected chi connectivity index (χ0v) is 14.4. The number of carbonyl (C=O) groups is 1. The first-order valence-electron chi connectivity index (χ1n) is 9.00. The highest BCUT2D eigenvalue weighted by Crippen LogP contribution is 2.33. The van der Waals surface area contributed by atoms with Crippen LogP contribution in [0.3, 0.4) is 0 Å². The van der Waals surface area contributed by atoms with Crippen molar-refractivity contribution < 1.29 is 9.53 Å². The predicted octanol–water partition coefficient (Wildman–Crippen LogP) is 2.60. The second-order valence-corrected chi connectivity index (χ2v) is 6.80. The third-order valence-electron chi connectivity index (χ3n) is 5.16. The highest BCUT2D eigenvalue weighted by atomic mass is 16.5. The van der Waals surface area contributed by atoms with Gasteiger partial charge in [-0.2, -0.15) is 10.1 Å². The number of ether oxygens (including phenoxy) is 1. The summed E-state index contributed by atoms with van der Waals surface area (Å²) in [7, 11) is 1.49. The molecule has 1 N–H and O–H groups in total. The number of hydrogen-bond acceptors (Lipinski definition) is 5. The van der Waals surface area contributed by atoms with E-state index in [0.29, 0.717) is 11.7 Å². The lowest BCUT2D eigenvalue weighted by molar-refractivity contribution is 0.0925. The highest BCUT2D eigenvalue weighted by Gasteiger charge is 2.28. The fraction of sp³-hybridized carbons (Fsp3) is 0.556. The van der Waals surface area contributed by atoms with E-state index >= 15 is 0 Å². The number of carbonyl (C=O) groups excluding carboxylic acids is 1. The molecule has 1 amide bonds. The summed E-state index contributed by atoms with van der Waals surface area (Å²) in [6, 6.07) is 2.26. The van der Waals surface area contributed by atoms with Gasteiger partial charge in [-0.15, -0.1) is 0 Å². The number of aromatic nitrogens is 4. The quantitative estimate of drug-likeness (QED) is 0.924. The molecule has 0 spiro atoms. The lowest BCUT2D eigenvalue weighted by Gasteiger charge is -2.22. The Bertz CT molecular complexity index is 767. The van der Waals surface area contributed by atoms with Crippen molar-refractivity contribution in [1.29, 1.82) is 0 Å². The Balaban J connectivity index is 1.53. The highest BCUT2D eigenvalue weighted by molar-refractivity contribution is 5.92. The molecular formula is C18H23N5O2. The van der Waals surface area contributed by atoms with E-state index in [1.54, 1.807) is 6.07 Å². The molecule has 132 valence electrons. The van der Waals surface area contributed by atoms with Gasteiger partial charge >= 0.3 is 6.01 Å². The topological polar surface area (TPSA) is 81.9 Å². The number of aryl methyl sites for hydroxylation is 1. The van der Waals surface area contributed by atoms with Crippen molar-refractivity contribution in [2.24, 2.45) is 0 Å². The Hall–Kier alpha value is -2.44. The van der Waals surface area contributed by atoms with E-state index in [2.05, 4.69) is 26.2 Å². The fourth-order valence-electron chi connectivity index (χ4n) is 3.86. The summed E-state index contributed by atoms with van der Waals surface area (Å²) in [5.74, 6) is -0.214. The van der Waals surface area contributed by atoms with Crippen LogP contribution in [-0.2, 0) is 6.42 Å². The minimum Gasteiger partial charge on any atom is -0.467 e. The molecular weight excluding hydrogens is 318 g/mol. The SMILES string of the molecule is COc1nccc(C(=O)NC2CCCc3cn(C4CCCC4)nc32)n1. The van der Waals surface area contributed by atoms with Gasteiger partial charge in [-0.1, -0.05) is 12.8 Å². The lowest BCUT2D eigenvalue weighted by Crippen LogP contribution is -2.31. The Morgan fingerprint density at radius 1 is 1.28 bits per heavy atom. The maximum absolute atomic E-state index is 12.6. The molecule has 0 radical (unpaired) electrons. The summed E-state index contributed by atoms with van der Waals surface area (Å²) in [6.07, 6.45) is 11.7. The van der Waals surface area contributed by atoms with Crippen LogP contribution in [0.1, 0.15) is 72.4 Å². The molecule has 0 aliphatic heterocycles. The number of hydrogen-bond donors (Lipinski definition) is 1. The van der Waals surface area contributed by atoms with E-state index in [1.807, 2.05) is 0 Å². The van der Waals surface area contributed by atoms with Gasteiger partial charge in [0.25, 0.3) is 5.91 Å². The van der Waals surface area contributed by atoms with Gasteiger partial charge < -0.3 is 10.1 Å². The Labute approximate surface area is 146 Å². The summed E-state index contributed by atoms with van der Waals surface area (Å²) >= 11 is 0. The van der Waals surface area contributed by atoms with Crippen LogP contribution < -0.4 is 10.1 Å². The molecule has 2 aliphatic carbocycles. The summed E-state index contributed by atoms with van der Waals surface area (Å²) < 4.78 is 7.13. The van der Waals surface area contributed by atoms with Crippen LogP contribution in [-0.4, -0.2) is 32.8 Å². The van der Waals surface area contributed by atoms with Crippen LogP contribution >= 0.6 is 0 Å². The summed E-state index contributed by atoms with van der Waals surface area (Å²) in [6.45, 7) is 0. The zero-order chi connectivity index (χ0) is 17.2. The van der Waals surface area contributed by atoms with Gasteiger partial charge in [-0.3, -0.25) is 9.48 Å². The molecule has 0 bridgehead atoms. The number of rotatable bonds is 4. The van der Waals surface area contributed by atoms with Gasteiger partial charge in [0, 0.05) is 12.4 Å². The fourth-order valence-corrected chi connectivity index (χ4v) is 3.86. The van der Waals surface area contributed by atoms with Gasteiger partial charge in [0.2, 0.25) is 0 Å². The number of amides is 1. The van der Waals surface area contributed by atoms with E-state index in [0.717, 1.165) is 25.0 Å². The van der Waals surface area contributed by atoms with Crippen molar-refractivity contribution in [2.45, 2.75) is 57.0 Å². The van der Waals surface area contributed by atoms with Crippen LogP contribution in [0.5, 0.6) is 6.01 Å². The largest absolute Gasteiger partial charge is 0.467 e. The van der Waals surface area contributed by atoms with Crippen LogP contribution in [0.4, 0.5) is 0 Å². The number of nitrogens with one attached hydrogen (secondary N) is 1. The molecule has 1 fully saturated rings. The van der Waals surface area contributed by atoms with E-state index in [4.69, 9.17) is 9.84 Å². The minimum atomic E-state index is -0.214. The first-order chi connectivity index (χ1) is 12.2. The molecule has 4 rings (SSSR count). The minimum absolute atomic E-state index is 0.0557. The van der Waals surface area contributed by atoms with Gasteiger partial charge in [0.1, 0.15) is 5.69 Å². The number of fused-ring (bicyclic) bond motifs is 1. The Kier molecular flexibility index (Phi) is 4.38. The molecule has 0 saturated heterocycles. The molecule has 2 heterocycles. The van der Waals surface area contributed by atoms with Crippen molar-refractivity contribution in [3.63, 3.8) is 0 Å². The monoisotopic (exact) mass is 341 g/mol. The van der Waals surface area contributed by atoms with Crippen LogP contribution in [0.15, 0.2) is 18.5 Å². The van der Waals surface area contributed by atoms with Crippen molar-refractivity contribution in [3.05, 3.63) is 35.4 Å². The first-order valence-corrected chi connectivity index (χ1v) is 9.00. The third kappa shape index (κ3) is 3.23. The van der Waals surface area contributed by atoms with Crippen LogP contribution in [0.25, 0.3) is 0 Å². The average molecular weight is 341 g/mol. The first kappa shape index (κ1) is 16.1. The number of methoxy groups -OCH3 is 1. The summed E-state index contributed by atoms with van der Waals surface area (Å²) in [4.78, 5) is 20.6. The van der Waals surface area contributed by atoms with E-state index in [-0.39, 0.29) is 18.0 Å². The van der Waals surface area contributed by atoms with Gasteiger partial charge in [-0.25, -0.2) is 4.98 Å². The molecule has 7 heteroatoms. The van der Waals surface area contributed by atoms with E-state index in [9.17, 15) is 4.79 Å². The van der Waals surface area contributed by atoms with Crippen molar-refractivity contribution in [1.82, 2.24) is 25.1 Å². The maximum Gasteiger partial charge on any atom is 0.316 e. The van der Waals surface area contributed by atoms with E-state index < -0.39 is 0 Å². The second kappa shape index (κ2) is 6.82. The zero-order valence-electron chi connectivity index (χ0n) is 14.4. The van der Waals surface area contributed by atoms with Crippen LogP contribution in [0.2, 0.25) is 0 Å². The maximum atomic E-state index is 12.6. The predicted molar refractivity (Wildman–Crippen MR) is 91.5 cm³/mol. The van der Waals surface area contributed by atoms with Crippen LogP contribution in [0, 0.1) is 0 Å². The molecule has 7 nitrogen and oxygen atoms in total. The van der Waals surface area contributed by atoms with Gasteiger partial charge in [0.15, 0.2) is 0 Å². The Morgan fingerprint density at radius 2 is 2.12 bits per heavy atom. The third-order valence-corrected chi connectivity index (χ3v) is 5.16. The van der Waals surface area contributed by atoms with E-state index in [1.165, 1.54) is 44.6 Å². The molecule has 0 aromatic carbocycles. The molecule has 2 aromatic rings. The number of nitrogens with zero attached hydrogens (tertiary/aromatic N) is 4. The smallest absolute Gasteiger partial charge is 0.316 e. The van der Waals surface area contributed by atoms with Gasteiger partial charge in [-0.05, 0) is 43.7 Å². The summed E-state index contributed by atoms with van der Waals surface area (Å²) in [5, 5.41) is 7.93. The Morgan fingerprint density at radius 3 is 2.92 bits per heavy atom. The second-order valence-electron chi connectivity index (χ2n) is 6.80. The molecule has 2 aliphatic rings. The van der Waals surface area contributed by atoms with Crippen molar-refractivity contribution >= 4 is 5.91 Å². The molecule has 2 aromatic heterocycles. The lowest BCUT2D eigenvalue weighted by atomic mass is 9.93. The average Bonchev–Trinajstić information content (AvgIpc) is 3.31. The molecule has 1 unspecified atom stereocenters. The van der Waals surface area contributed by atoms with Crippen molar-refractivity contribution in [3.8, 4) is 6.01 Å². The summed E-state index contributed by atoms with van der Waals surface area (Å²) in [5.41, 5.74) is 2.60. The standard InChI is InChI=1S/C18H23N5O2/c1-25-18-19-10-9-15(21-18)17(24)20-14-8-4-5-12-11-23(22-16(12)14)13-6-2-3-7-13/h9-11,13-14H,2-8H2,1H3,(H,20,24). The molecule has 1 atom stereocenters. The molecule has 1 saturated carbocycles. The normalized spacial score (nSPS) is 20.3.